The van der Waals surface area contributed by atoms with Crippen LogP contribution in [-0.4, -0.2) is 13.1 Å². The van der Waals surface area contributed by atoms with Gasteiger partial charge in [-0.25, -0.2) is 4.79 Å². The summed E-state index contributed by atoms with van der Waals surface area (Å²) in [6.07, 6.45) is 8.99. The minimum absolute atomic E-state index is 0.129. The van der Waals surface area contributed by atoms with Gasteiger partial charge in [-0.3, -0.25) is 0 Å². The maximum atomic E-state index is 11.9. The molecule has 0 aromatic rings. The van der Waals surface area contributed by atoms with Gasteiger partial charge in [0, 0.05) is 11.0 Å². The van der Waals surface area contributed by atoms with Crippen LogP contribution in [0.3, 0.4) is 0 Å². The van der Waals surface area contributed by atoms with Gasteiger partial charge in [-0.15, -0.1) is 0 Å². The lowest BCUT2D eigenvalue weighted by Gasteiger charge is -2.39. The molecule has 0 unspecified atom stereocenters. The van der Waals surface area contributed by atoms with Gasteiger partial charge >= 0.3 is 5.97 Å². The monoisotopic (exact) mass is 248 g/mol. The zero-order valence-corrected chi connectivity index (χ0v) is 12.0. The zero-order chi connectivity index (χ0) is 13.8. The van der Waals surface area contributed by atoms with E-state index >= 15 is 0 Å². The highest BCUT2D eigenvalue weighted by Gasteiger charge is 2.39. The molecule has 0 N–H and O–H groups in total. The van der Waals surface area contributed by atoms with E-state index < -0.39 is 0 Å². The number of carbonyl (C=O) groups excluding carboxylic acids is 1. The van der Waals surface area contributed by atoms with E-state index in [1.807, 2.05) is 19.1 Å². The van der Waals surface area contributed by atoms with Gasteiger partial charge in [-0.1, -0.05) is 44.2 Å². The maximum absolute atomic E-state index is 11.9. The van der Waals surface area contributed by atoms with Crippen molar-refractivity contribution in [1.29, 1.82) is 0 Å². The molecule has 1 aliphatic carbocycles. The molecule has 0 saturated carbocycles. The Morgan fingerprint density at radius 2 is 2.33 bits per heavy atom. The molecule has 0 radical (unpaired) electrons. The van der Waals surface area contributed by atoms with E-state index in [0.29, 0.717) is 5.92 Å². The summed E-state index contributed by atoms with van der Waals surface area (Å²) < 4.78 is 4.92. The fourth-order valence-corrected chi connectivity index (χ4v) is 2.49. The molecule has 1 aliphatic rings. The first kappa shape index (κ1) is 14.7. The molecular weight excluding hydrogens is 224 g/mol. The first-order valence-corrected chi connectivity index (χ1v) is 6.54. The molecule has 0 aromatic carbocycles. The third-order valence-corrected chi connectivity index (χ3v) is 4.23. The fraction of sp³-hybridized carbons (Fsp3) is 0.562. The Balaban J connectivity index is 3.04. The second-order valence-corrected chi connectivity index (χ2v) is 5.36. The Labute approximate surface area is 110 Å². The Hall–Kier alpha value is -1.31. The standard InChI is InChI=1S/C16H24O2/c1-6-12(2)10-11-16(4)13(3)8-7-9-14(16)15(17)18-5/h6,9-10,13H,1,7-8,11H2,2-5H3/b12-10+/t13-,16+/m1/s1. The summed E-state index contributed by atoms with van der Waals surface area (Å²) in [4.78, 5) is 11.9. The van der Waals surface area contributed by atoms with Crippen molar-refractivity contribution in [2.75, 3.05) is 7.11 Å². The van der Waals surface area contributed by atoms with Crippen molar-refractivity contribution in [2.24, 2.45) is 11.3 Å². The molecular formula is C16H24O2. The summed E-state index contributed by atoms with van der Waals surface area (Å²) in [6, 6.07) is 0. The van der Waals surface area contributed by atoms with Gasteiger partial charge in [-0.2, -0.15) is 0 Å². The van der Waals surface area contributed by atoms with E-state index in [2.05, 4.69) is 26.5 Å². The van der Waals surface area contributed by atoms with Crippen LogP contribution in [0.2, 0.25) is 0 Å². The van der Waals surface area contributed by atoms with E-state index in [9.17, 15) is 4.79 Å². The number of hydrogen-bond acceptors (Lipinski definition) is 2. The van der Waals surface area contributed by atoms with Crippen molar-refractivity contribution in [1.82, 2.24) is 0 Å². The molecule has 0 aromatic heterocycles. The Kier molecular flexibility index (Phi) is 4.94. The Morgan fingerprint density at radius 1 is 1.67 bits per heavy atom. The molecule has 100 valence electrons. The normalized spacial score (nSPS) is 28.6. The van der Waals surface area contributed by atoms with Gasteiger partial charge in [0.1, 0.15) is 0 Å². The molecule has 0 bridgehead atoms. The molecule has 18 heavy (non-hydrogen) atoms. The van der Waals surface area contributed by atoms with Crippen molar-refractivity contribution < 1.29 is 9.53 Å². The topological polar surface area (TPSA) is 26.3 Å². The van der Waals surface area contributed by atoms with Crippen LogP contribution in [0, 0.1) is 11.3 Å². The number of esters is 1. The van der Waals surface area contributed by atoms with E-state index in [0.717, 1.165) is 30.4 Å². The van der Waals surface area contributed by atoms with Gasteiger partial charge in [0.2, 0.25) is 0 Å². The first-order valence-electron chi connectivity index (χ1n) is 6.54. The first-order chi connectivity index (χ1) is 8.45. The van der Waals surface area contributed by atoms with Crippen molar-refractivity contribution in [3.8, 4) is 0 Å². The third-order valence-electron chi connectivity index (χ3n) is 4.23. The molecule has 2 heteroatoms. The van der Waals surface area contributed by atoms with E-state index in [-0.39, 0.29) is 11.4 Å². The molecule has 0 heterocycles. The molecule has 0 fully saturated rings. The number of rotatable bonds is 4. The summed E-state index contributed by atoms with van der Waals surface area (Å²) in [5.41, 5.74) is 1.85. The second kappa shape index (κ2) is 6.03. The maximum Gasteiger partial charge on any atom is 0.333 e. The zero-order valence-electron chi connectivity index (χ0n) is 12.0. The lowest BCUT2D eigenvalue weighted by molar-refractivity contribution is -0.138. The Morgan fingerprint density at radius 3 is 2.89 bits per heavy atom. The fourth-order valence-electron chi connectivity index (χ4n) is 2.49. The lowest BCUT2D eigenvalue weighted by Crippen LogP contribution is -2.34. The van der Waals surface area contributed by atoms with Crippen LogP contribution in [-0.2, 0) is 9.53 Å². The quantitative estimate of drug-likeness (QED) is 0.554. The average molecular weight is 248 g/mol. The van der Waals surface area contributed by atoms with Crippen LogP contribution in [0.1, 0.15) is 40.0 Å². The molecule has 2 nitrogen and oxygen atoms in total. The van der Waals surface area contributed by atoms with Crippen molar-refractivity contribution in [3.63, 3.8) is 0 Å². The smallest absolute Gasteiger partial charge is 0.333 e. The van der Waals surface area contributed by atoms with Crippen molar-refractivity contribution >= 4 is 5.97 Å². The largest absolute Gasteiger partial charge is 0.466 e. The molecule has 1 rings (SSSR count). The second-order valence-electron chi connectivity index (χ2n) is 5.36. The SMILES string of the molecule is C=C/C(C)=C/C[C@]1(C)C(C(=O)OC)=CCC[C@H]1C. The van der Waals surface area contributed by atoms with E-state index in [1.54, 1.807) is 0 Å². The highest BCUT2D eigenvalue weighted by molar-refractivity contribution is 5.90. The molecule has 2 atom stereocenters. The highest BCUT2D eigenvalue weighted by Crippen LogP contribution is 2.45. The average Bonchev–Trinajstić information content (AvgIpc) is 2.38. The molecule has 0 spiro atoms. The lowest BCUT2D eigenvalue weighted by atomic mass is 9.65. The molecule has 0 aliphatic heterocycles. The van der Waals surface area contributed by atoms with E-state index in [4.69, 9.17) is 4.74 Å². The summed E-state index contributed by atoms with van der Waals surface area (Å²) in [5, 5.41) is 0. The molecule has 0 amide bonds. The van der Waals surface area contributed by atoms with Crippen molar-refractivity contribution in [2.45, 2.75) is 40.0 Å². The van der Waals surface area contributed by atoms with Gasteiger partial charge in [-0.05, 0) is 32.1 Å². The van der Waals surface area contributed by atoms with Gasteiger partial charge < -0.3 is 4.74 Å². The van der Waals surface area contributed by atoms with Gasteiger partial charge in [0.15, 0.2) is 0 Å². The van der Waals surface area contributed by atoms with Gasteiger partial charge in [0.25, 0.3) is 0 Å². The minimum atomic E-state index is -0.186. The predicted octanol–water partition coefficient (Wildman–Crippen LogP) is 4.04. The van der Waals surface area contributed by atoms with Crippen LogP contribution in [0.5, 0.6) is 0 Å². The number of hydrogen-bond donors (Lipinski definition) is 0. The van der Waals surface area contributed by atoms with Crippen LogP contribution < -0.4 is 0 Å². The summed E-state index contributed by atoms with van der Waals surface area (Å²) >= 11 is 0. The van der Waals surface area contributed by atoms with Gasteiger partial charge in [0.05, 0.1) is 7.11 Å². The number of carbonyl (C=O) groups is 1. The summed E-state index contributed by atoms with van der Waals surface area (Å²) in [6.45, 7) is 10.2. The van der Waals surface area contributed by atoms with Crippen LogP contribution in [0.25, 0.3) is 0 Å². The molecule has 0 saturated heterocycles. The third kappa shape index (κ3) is 2.92. The number of allylic oxidation sites excluding steroid dienone is 4. The predicted molar refractivity (Wildman–Crippen MR) is 75.2 cm³/mol. The van der Waals surface area contributed by atoms with E-state index in [1.165, 1.54) is 7.11 Å². The Bertz CT molecular complexity index is 390. The number of ether oxygens (including phenoxy) is 1. The van der Waals surface area contributed by atoms with Crippen LogP contribution in [0.4, 0.5) is 0 Å². The minimum Gasteiger partial charge on any atom is -0.466 e. The number of methoxy groups -OCH3 is 1. The van der Waals surface area contributed by atoms with Crippen LogP contribution >= 0.6 is 0 Å². The van der Waals surface area contributed by atoms with Crippen LogP contribution in [0.15, 0.2) is 36.0 Å². The highest BCUT2D eigenvalue weighted by atomic mass is 16.5. The summed E-state index contributed by atoms with van der Waals surface area (Å²) in [7, 11) is 1.45. The summed E-state index contributed by atoms with van der Waals surface area (Å²) in [5.74, 6) is 0.291. The van der Waals surface area contributed by atoms with Crippen molar-refractivity contribution in [3.05, 3.63) is 36.0 Å².